The Labute approximate surface area is 145 Å². The van der Waals surface area contributed by atoms with Gasteiger partial charge in [0.05, 0.1) is 0 Å². The van der Waals surface area contributed by atoms with Crippen molar-refractivity contribution in [3.05, 3.63) is 65.5 Å². The molecule has 0 aliphatic rings. The van der Waals surface area contributed by atoms with Crippen LogP contribution in [0.4, 0.5) is 4.39 Å². The molecule has 0 aliphatic heterocycles. The molecule has 1 heterocycles. The van der Waals surface area contributed by atoms with Crippen molar-refractivity contribution in [1.82, 2.24) is 14.8 Å². The van der Waals surface area contributed by atoms with E-state index in [9.17, 15) is 4.39 Å². The summed E-state index contributed by atoms with van der Waals surface area (Å²) in [6.07, 6.45) is 1.01. The zero-order chi connectivity index (χ0) is 16.9. The van der Waals surface area contributed by atoms with Crippen LogP contribution in [0.1, 0.15) is 24.5 Å². The third-order valence-corrected chi connectivity index (χ3v) is 4.76. The van der Waals surface area contributed by atoms with Crippen molar-refractivity contribution < 1.29 is 4.39 Å². The van der Waals surface area contributed by atoms with Crippen molar-refractivity contribution in [3.63, 3.8) is 0 Å². The maximum atomic E-state index is 13.0. The lowest BCUT2D eigenvalue weighted by molar-refractivity contribution is 0.625. The average molecular weight is 341 g/mol. The second-order valence-corrected chi connectivity index (χ2v) is 6.68. The molecule has 0 unspecified atom stereocenters. The van der Waals surface area contributed by atoms with Crippen molar-refractivity contribution in [1.29, 1.82) is 0 Å². The first kappa shape index (κ1) is 16.7. The van der Waals surface area contributed by atoms with E-state index in [1.54, 1.807) is 11.8 Å². The van der Waals surface area contributed by atoms with E-state index in [0.29, 0.717) is 0 Å². The minimum atomic E-state index is -0.209. The highest BCUT2D eigenvalue weighted by atomic mass is 32.2. The van der Waals surface area contributed by atoms with Gasteiger partial charge in [-0.1, -0.05) is 54.6 Å². The molecule has 2 aromatic carbocycles. The van der Waals surface area contributed by atoms with E-state index < -0.39 is 0 Å². The Morgan fingerprint density at radius 2 is 1.88 bits per heavy atom. The van der Waals surface area contributed by atoms with Crippen LogP contribution in [0, 0.1) is 12.7 Å². The molecular formula is C19H20FN3S. The van der Waals surface area contributed by atoms with E-state index in [0.717, 1.165) is 40.8 Å². The lowest BCUT2D eigenvalue weighted by Gasteiger charge is -2.09. The van der Waals surface area contributed by atoms with E-state index in [2.05, 4.69) is 46.8 Å². The first-order chi connectivity index (χ1) is 11.7. The number of hydrogen-bond acceptors (Lipinski definition) is 3. The molecule has 0 atom stereocenters. The second-order valence-electron chi connectivity index (χ2n) is 5.74. The van der Waals surface area contributed by atoms with Crippen LogP contribution in [0.5, 0.6) is 0 Å². The zero-order valence-corrected chi connectivity index (χ0v) is 14.7. The second kappa shape index (κ2) is 7.62. The summed E-state index contributed by atoms with van der Waals surface area (Å²) < 4.78 is 15.2. The maximum Gasteiger partial charge on any atom is 0.191 e. The topological polar surface area (TPSA) is 30.7 Å². The van der Waals surface area contributed by atoms with Gasteiger partial charge >= 0.3 is 0 Å². The largest absolute Gasteiger partial charge is 0.302 e. The number of rotatable bonds is 6. The van der Waals surface area contributed by atoms with Crippen LogP contribution in [0.3, 0.4) is 0 Å². The van der Waals surface area contributed by atoms with Gasteiger partial charge in [0.2, 0.25) is 0 Å². The summed E-state index contributed by atoms with van der Waals surface area (Å²) in [6, 6.07) is 14.9. The molecule has 124 valence electrons. The Kier molecular flexibility index (Phi) is 5.30. The molecule has 0 bridgehead atoms. The fourth-order valence-electron chi connectivity index (χ4n) is 2.55. The molecule has 5 heteroatoms. The van der Waals surface area contributed by atoms with Crippen LogP contribution < -0.4 is 0 Å². The molecule has 0 saturated heterocycles. The molecule has 3 rings (SSSR count). The standard InChI is InChI=1S/C19H20FN3S/c1-3-11-23-18(16-6-4-5-14(2)12-16)21-22-19(23)24-13-15-7-9-17(20)10-8-15/h4-10,12H,3,11,13H2,1-2H3. The number of nitrogens with zero attached hydrogens (tertiary/aromatic N) is 3. The summed E-state index contributed by atoms with van der Waals surface area (Å²) >= 11 is 1.63. The first-order valence-corrected chi connectivity index (χ1v) is 9.03. The highest BCUT2D eigenvalue weighted by Gasteiger charge is 2.14. The molecule has 0 amide bonds. The van der Waals surface area contributed by atoms with Gasteiger partial charge in [-0.05, 0) is 37.1 Å². The van der Waals surface area contributed by atoms with E-state index in [1.165, 1.54) is 17.7 Å². The molecule has 0 spiro atoms. The molecule has 1 aromatic heterocycles. The van der Waals surface area contributed by atoms with Gasteiger partial charge in [0.25, 0.3) is 0 Å². The van der Waals surface area contributed by atoms with Gasteiger partial charge in [0.1, 0.15) is 5.82 Å². The molecule has 0 aliphatic carbocycles. The van der Waals surface area contributed by atoms with E-state index in [-0.39, 0.29) is 5.82 Å². The number of aromatic nitrogens is 3. The van der Waals surface area contributed by atoms with Gasteiger partial charge in [0.15, 0.2) is 11.0 Å². The highest BCUT2D eigenvalue weighted by molar-refractivity contribution is 7.98. The summed E-state index contributed by atoms with van der Waals surface area (Å²) in [5.74, 6) is 1.44. The van der Waals surface area contributed by atoms with E-state index in [1.807, 2.05) is 18.2 Å². The Morgan fingerprint density at radius 3 is 2.58 bits per heavy atom. The zero-order valence-electron chi connectivity index (χ0n) is 13.9. The highest BCUT2D eigenvalue weighted by Crippen LogP contribution is 2.27. The van der Waals surface area contributed by atoms with Crippen molar-refractivity contribution >= 4 is 11.8 Å². The van der Waals surface area contributed by atoms with Crippen LogP contribution in [-0.2, 0) is 12.3 Å². The minimum absolute atomic E-state index is 0.209. The van der Waals surface area contributed by atoms with Gasteiger partial charge in [-0.15, -0.1) is 10.2 Å². The van der Waals surface area contributed by atoms with Crippen LogP contribution >= 0.6 is 11.8 Å². The Bertz CT molecular complexity index is 812. The number of hydrogen-bond donors (Lipinski definition) is 0. The van der Waals surface area contributed by atoms with E-state index in [4.69, 9.17) is 0 Å². The fourth-order valence-corrected chi connectivity index (χ4v) is 3.47. The molecule has 0 radical (unpaired) electrons. The third kappa shape index (κ3) is 3.85. The lowest BCUT2D eigenvalue weighted by Crippen LogP contribution is -2.02. The summed E-state index contributed by atoms with van der Waals surface area (Å²) in [7, 11) is 0. The van der Waals surface area contributed by atoms with Crippen LogP contribution in [0.25, 0.3) is 11.4 Å². The first-order valence-electron chi connectivity index (χ1n) is 8.05. The van der Waals surface area contributed by atoms with Gasteiger partial charge < -0.3 is 4.57 Å². The summed E-state index contributed by atoms with van der Waals surface area (Å²) in [4.78, 5) is 0. The predicted molar refractivity (Wildman–Crippen MR) is 96.4 cm³/mol. The molecule has 24 heavy (non-hydrogen) atoms. The number of benzene rings is 2. The number of thioether (sulfide) groups is 1. The average Bonchev–Trinajstić information content (AvgIpc) is 2.98. The van der Waals surface area contributed by atoms with Crippen molar-refractivity contribution in [2.24, 2.45) is 0 Å². The normalized spacial score (nSPS) is 11.0. The van der Waals surface area contributed by atoms with Crippen molar-refractivity contribution in [2.75, 3.05) is 0 Å². The molecular weight excluding hydrogens is 321 g/mol. The lowest BCUT2D eigenvalue weighted by atomic mass is 10.1. The molecule has 0 fully saturated rings. The van der Waals surface area contributed by atoms with Crippen molar-refractivity contribution in [2.45, 2.75) is 37.7 Å². The number of aryl methyl sites for hydroxylation is 1. The van der Waals surface area contributed by atoms with Gasteiger partial charge in [-0.2, -0.15) is 0 Å². The number of halogens is 1. The summed E-state index contributed by atoms with van der Waals surface area (Å²) in [5.41, 5.74) is 3.37. The van der Waals surface area contributed by atoms with Crippen LogP contribution in [0.2, 0.25) is 0 Å². The quantitative estimate of drug-likeness (QED) is 0.585. The maximum absolute atomic E-state index is 13.0. The fraction of sp³-hybridized carbons (Fsp3) is 0.263. The Balaban J connectivity index is 1.84. The molecule has 0 saturated carbocycles. The minimum Gasteiger partial charge on any atom is -0.302 e. The molecule has 3 aromatic rings. The van der Waals surface area contributed by atoms with E-state index >= 15 is 0 Å². The predicted octanol–water partition coefficient (Wildman–Crippen LogP) is 5.09. The third-order valence-electron chi connectivity index (χ3n) is 3.72. The van der Waals surface area contributed by atoms with Crippen molar-refractivity contribution in [3.8, 4) is 11.4 Å². The summed E-state index contributed by atoms with van der Waals surface area (Å²) in [6.45, 7) is 5.10. The van der Waals surface area contributed by atoms with Crippen LogP contribution in [0.15, 0.2) is 53.7 Å². The summed E-state index contributed by atoms with van der Waals surface area (Å²) in [5, 5.41) is 9.68. The van der Waals surface area contributed by atoms with Gasteiger partial charge in [-0.3, -0.25) is 0 Å². The Hall–Kier alpha value is -2.14. The van der Waals surface area contributed by atoms with Gasteiger partial charge in [-0.25, -0.2) is 4.39 Å². The molecule has 3 nitrogen and oxygen atoms in total. The van der Waals surface area contributed by atoms with Crippen LogP contribution in [-0.4, -0.2) is 14.8 Å². The SMILES string of the molecule is CCCn1c(SCc2ccc(F)cc2)nnc1-c1cccc(C)c1. The smallest absolute Gasteiger partial charge is 0.191 e. The van der Waals surface area contributed by atoms with Gasteiger partial charge in [0, 0.05) is 17.9 Å². The Morgan fingerprint density at radius 1 is 1.08 bits per heavy atom. The monoisotopic (exact) mass is 341 g/mol. The molecule has 0 N–H and O–H groups in total.